The molecule has 1 aromatic carbocycles. The van der Waals surface area contributed by atoms with Crippen LogP contribution in [-0.4, -0.2) is 46.7 Å². The van der Waals surface area contributed by atoms with Gasteiger partial charge >= 0.3 is 5.97 Å². The Morgan fingerprint density at radius 3 is 2.68 bits per heavy atom. The molecule has 0 radical (unpaired) electrons. The van der Waals surface area contributed by atoms with Crippen LogP contribution in [0.15, 0.2) is 30.5 Å². The molecule has 1 amide bonds. The molecule has 0 saturated carbocycles. The molecule has 7 nitrogen and oxygen atoms in total. The highest BCUT2D eigenvalue weighted by Gasteiger charge is 2.20. The minimum Gasteiger partial charge on any atom is -0.465 e. The van der Waals surface area contributed by atoms with Crippen molar-refractivity contribution in [3.63, 3.8) is 0 Å². The average Bonchev–Trinajstić information content (AvgIpc) is 3.09. The van der Waals surface area contributed by atoms with Crippen LogP contribution in [0.1, 0.15) is 40.1 Å². The summed E-state index contributed by atoms with van der Waals surface area (Å²) in [6.45, 7) is 0.229. The third-order valence-corrected chi connectivity index (χ3v) is 5.22. The van der Waals surface area contributed by atoms with Crippen LogP contribution in [-0.2, 0) is 11.8 Å². The molecule has 0 aliphatic rings. The van der Waals surface area contributed by atoms with Crippen molar-refractivity contribution in [3.8, 4) is 11.1 Å². The number of fused-ring (bicyclic) bond motifs is 1. The predicted molar refractivity (Wildman–Crippen MR) is 112 cm³/mol. The number of carbonyl (C=O) groups excluding carboxylic acids is 2. The van der Waals surface area contributed by atoms with Gasteiger partial charge in [-0.2, -0.15) is 5.10 Å². The number of aryl methyl sites for hydroxylation is 1. The van der Waals surface area contributed by atoms with E-state index in [1.165, 1.54) is 11.8 Å². The number of hydrogen-bond acceptors (Lipinski definition) is 5. The Hall–Kier alpha value is -3.07. The molecule has 0 saturated heterocycles. The molecule has 0 fully saturated rings. The lowest BCUT2D eigenvalue weighted by Gasteiger charge is -2.12. The fourth-order valence-corrected chi connectivity index (χ4v) is 3.38. The minimum atomic E-state index is -2.36. The van der Waals surface area contributed by atoms with E-state index in [9.17, 15) is 18.4 Å². The first-order valence-corrected chi connectivity index (χ1v) is 9.97. The third kappa shape index (κ3) is 4.99. The van der Waals surface area contributed by atoms with Gasteiger partial charge in [-0.1, -0.05) is 23.7 Å². The van der Waals surface area contributed by atoms with Crippen molar-refractivity contribution in [3.05, 3.63) is 46.9 Å². The predicted octanol–water partition coefficient (Wildman–Crippen LogP) is 4.24. The zero-order valence-corrected chi connectivity index (χ0v) is 17.7. The standard InChI is InChI=1S/C21H21ClF2N4O3/c1-28-19(22)15(11-26-28)14-10-16(20(29)25-9-4-3-8-17(23)24)27-18-12(14)6-5-7-13(18)21(30)31-2/h5-7,10-11,17H,3-4,8-9H2,1-2H3,(H,25,29). The highest BCUT2D eigenvalue weighted by molar-refractivity contribution is 6.32. The van der Waals surface area contributed by atoms with Crippen molar-refractivity contribution < 1.29 is 23.1 Å². The van der Waals surface area contributed by atoms with E-state index in [0.29, 0.717) is 34.5 Å². The summed E-state index contributed by atoms with van der Waals surface area (Å²) in [5, 5.41) is 7.78. The van der Waals surface area contributed by atoms with Crippen LogP contribution in [0.25, 0.3) is 22.0 Å². The lowest BCUT2D eigenvalue weighted by Crippen LogP contribution is -2.25. The Labute approximate surface area is 182 Å². The number of alkyl halides is 2. The Balaban J connectivity index is 2.03. The fourth-order valence-electron chi connectivity index (χ4n) is 3.18. The lowest BCUT2D eigenvalue weighted by atomic mass is 10.00. The second-order valence-electron chi connectivity index (χ2n) is 6.86. The van der Waals surface area contributed by atoms with Gasteiger partial charge in [0, 0.05) is 31.0 Å². The van der Waals surface area contributed by atoms with E-state index in [0.717, 1.165) is 0 Å². The second kappa shape index (κ2) is 9.82. The summed E-state index contributed by atoms with van der Waals surface area (Å²) in [5.74, 6) is -1.08. The Morgan fingerprint density at radius 2 is 2.03 bits per heavy atom. The number of benzene rings is 1. The van der Waals surface area contributed by atoms with Gasteiger partial charge in [0.25, 0.3) is 5.91 Å². The number of para-hydroxylation sites is 1. The highest BCUT2D eigenvalue weighted by atomic mass is 35.5. The number of methoxy groups -OCH3 is 1. The summed E-state index contributed by atoms with van der Waals surface area (Å²) >= 11 is 6.38. The van der Waals surface area contributed by atoms with Gasteiger partial charge in [-0.15, -0.1) is 0 Å². The molecule has 0 aliphatic heterocycles. The van der Waals surface area contributed by atoms with Gasteiger partial charge in [-0.05, 0) is 30.5 Å². The van der Waals surface area contributed by atoms with Gasteiger partial charge in [0.15, 0.2) is 0 Å². The highest BCUT2D eigenvalue weighted by Crippen LogP contribution is 2.34. The Bertz CT molecular complexity index is 1120. The van der Waals surface area contributed by atoms with Gasteiger partial charge in [-0.25, -0.2) is 18.6 Å². The average molecular weight is 451 g/mol. The topological polar surface area (TPSA) is 86.1 Å². The number of pyridine rings is 1. The van der Waals surface area contributed by atoms with Crippen molar-refractivity contribution in [2.45, 2.75) is 25.7 Å². The molecule has 3 rings (SSSR count). The molecular formula is C21H21ClF2N4O3. The monoisotopic (exact) mass is 450 g/mol. The number of esters is 1. The first-order chi connectivity index (χ1) is 14.8. The lowest BCUT2D eigenvalue weighted by molar-refractivity contribution is 0.0602. The quantitative estimate of drug-likeness (QED) is 0.410. The van der Waals surface area contributed by atoms with Crippen LogP contribution < -0.4 is 5.32 Å². The van der Waals surface area contributed by atoms with E-state index in [1.807, 2.05) is 0 Å². The number of nitrogens with one attached hydrogen (secondary N) is 1. The second-order valence-corrected chi connectivity index (χ2v) is 7.22. The number of nitrogens with zero attached hydrogens (tertiary/aromatic N) is 3. The minimum absolute atomic E-state index is 0.0626. The van der Waals surface area contributed by atoms with E-state index in [1.54, 1.807) is 37.5 Å². The molecule has 1 N–H and O–H groups in total. The van der Waals surface area contributed by atoms with Crippen molar-refractivity contribution in [1.29, 1.82) is 0 Å². The smallest absolute Gasteiger partial charge is 0.340 e. The fraction of sp³-hybridized carbons (Fsp3) is 0.333. The number of unbranched alkanes of at least 4 members (excludes halogenated alkanes) is 1. The number of aromatic nitrogens is 3. The number of rotatable bonds is 8. The van der Waals surface area contributed by atoms with Crippen molar-refractivity contribution in [2.75, 3.05) is 13.7 Å². The molecule has 164 valence electrons. The number of ether oxygens (including phenoxy) is 1. The largest absolute Gasteiger partial charge is 0.465 e. The van der Waals surface area contributed by atoms with Crippen LogP contribution in [0.2, 0.25) is 5.15 Å². The molecule has 0 unspecified atom stereocenters. The SMILES string of the molecule is COC(=O)c1cccc2c(-c3cnn(C)c3Cl)cc(C(=O)NCCCCC(F)F)nc12. The van der Waals surface area contributed by atoms with Crippen molar-refractivity contribution >= 4 is 34.4 Å². The van der Waals surface area contributed by atoms with Crippen molar-refractivity contribution in [2.24, 2.45) is 7.05 Å². The Morgan fingerprint density at radius 1 is 1.26 bits per heavy atom. The van der Waals surface area contributed by atoms with Gasteiger partial charge in [0.05, 0.1) is 24.4 Å². The van der Waals surface area contributed by atoms with Crippen LogP contribution in [0.3, 0.4) is 0 Å². The van der Waals surface area contributed by atoms with Gasteiger partial charge < -0.3 is 10.1 Å². The molecule has 0 spiro atoms. The molecule has 3 aromatic rings. The van der Waals surface area contributed by atoms with Crippen LogP contribution >= 0.6 is 11.6 Å². The van der Waals surface area contributed by atoms with E-state index in [-0.39, 0.29) is 29.7 Å². The number of hydrogen-bond donors (Lipinski definition) is 1. The van der Waals surface area contributed by atoms with Gasteiger partial charge in [0.1, 0.15) is 10.8 Å². The van der Waals surface area contributed by atoms with Crippen LogP contribution in [0, 0.1) is 0 Å². The van der Waals surface area contributed by atoms with E-state index >= 15 is 0 Å². The molecule has 2 heterocycles. The first-order valence-electron chi connectivity index (χ1n) is 9.59. The van der Waals surface area contributed by atoms with E-state index in [2.05, 4.69) is 15.4 Å². The molecule has 0 aliphatic carbocycles. The van der Waals surface area contributed by atoms with Gasteiger partial charge in [-0.3, -0.25) is 9.48 Å². The summed E-state index contributed by atoms with van der Waals surface area (Å²) in [4.78, 5) is 29.4. The zero-order valence-electron chi connectivity index (χ0n) is 17.0. The number of carbonyl (C=O) groups is 2. The summed E-state index contributed by atoms with van der Waals surface area (Å²) < 4.78 is 30.8. The molecule has 2 aromatic heterocycles. The molecule has 0 atom stereocenters. The molecule has 0 bridgehead atoms. The molecule has 10 heteroatoms. The van der Waals surface area contributed by atoms with Crippen LogP contribution in [0.5, 0.6) is 0 Å². The Kier molecular flexibility index (Phi) is 7.17. The number of amides is 1. The normalized spacial score (nSPS) is 11.2. The summed E-state index contributed by atoms with van der Waals surface area (Å²) in [7, 11) is 2.94. The zero-order chi connectivity index (χ0) is 22.5. The first kappa shape index (κ1) is 22.6. The summed E-state index contributed by atoms with van der Waals surface area (Å²) in [6.07, 6.45) is -0.296. The van der Waals surface area contributed by atoms with E-state index in [4.69, 9.17) is 16.3 Å². The summed E-state index contributed by atoms with van der Waals surface area (Å²) in [6, 6.07) is 6.58. The van der Waals surface area contributed by atoms with Gasteiger partial charge in [0.2, 0.25) is 6.43 Å². The van der Waals surface area contributed by atoms with E-state index < -0.39 is 18.3 Å². The molecular weight excluding hydrogens is 430 g/mol. The maximum absolute atomic E-state index is 12.7. The number of halogens is 3. The third-order valence-electron chi connectivity index (χ3n) is 4.77. The van der Waals surface area contributed by atoms with Crippen molar-refractivity contribution in [1.82, 2.24) is 20.1 Å². The van der Waals surface area contributed by atoms with Crippen LogP contribution in [0.4, 0.5) is 8.78 Å². The maximum Gasteiger partial charge on any atom is 0.340 e. The molecule has 31 heavy (non-hydrogen) atoms. The summed E-state index contributed by atoms with van der Waals surface area (Å²) in [5.41, 5.74) is 1.70. The maximum atomic E-state index is 12.7.